The van der Waals surface area contributed by atoms with E-state index in [1.807, 2.05) is 4.90 Å². The standard InChI is InChI=1S/C14H28N4O/c1-5-6-13-14(19)18(11(2)15-13)10-12-9-16(3)7-8-17(12)4/h11-13,15H,5-10H2,1-4H3. The van der Waals surface area contributed by atoms with Crippen molar-refractivity contribution in [2.45, 2.75) is 44.9 Å². The Balaban J connectivity index is 1.96. The lowest BCUT2D eigenvalue weighted by Crippen LogP contribution is -2.55. The third-order valence-electron chi connectivity index (χ3n) is 4.46. The first kappa shape index (κ1) is 14.8. The van der Waals surface area contributed by atoms with E-state index in [2.05, 4.69) is 43.1 Å². The molecule has 1 amide bonds. The van der Waals surface area contributed by atoms with E-state index in [1.54, 1.807) is 0 Å². The molecule has 2 aliphatic rings. The number of likely N-dealkylation sites (N-methyl/N-ethyl adjacent to an activating group) is 2. The molecule has 3 unspecified atom stereocenters. The molecule has 0 aliphatic carbocycles. The van der Waals surface area contributed by atoms with E-state index in [0.29, 0.717) is 6.04 Å². The molecule has 0 aromatic heterocycles. The Bertz CT molecular complexity index is 323. The Morgan fingerprint density at radius 3 is 2.74 bits per heavy atom. The second-order valence-corrected chi connectivity index (χ2v) is 6.07. The average Bonchev–Trinajstić information content (AvgIpc) is 2.62. The molecule has 0 aromatic carbocycles. The Labute approximate surface area is 116 Å². The van der Waals surface area contributed by atoms with E-state index in [-0.39, 0.29) is 18.1 Å². The lowest BCUT2D eigenvalue weighted by atomic mass is 10.1. The number of nitrogens with zero attached hydrogens (tertiary/aromatic N) is 3. The highest BCUT2D eigenvalue weighted by atomic mass is 16.2. The molecule has 2 aliphatic heterocycles. The summed E-state index contributed by atoms with van der Waals surface area (Å²) in [6.45, 7) is 8.32. The molecule has 2 rings (SSSR count). The maximum Gasteiger partial charge on any atom is 0.241 e. The van der Waals surface area contributed by atoms with E-state index >= 15 is 0 Å². The number of carbonyl (C=O) groups is 1. The summed E-state index contributed by atoms with van der Waals surface area (Å²) in [5.41, 5.74) is 0. The maximum atomic E-state index is 12.4. The minimum absolute atomic E-state index is 0.0339. The van der Waals surface area contributed by atoms with Crippen molar-refractivity contribution in [1.29, 1.82) is 0 Å². The monoisotopic (exact) mass is 268 g/mol. The van der Waals surface area contributed by atoms with Gasteiger partial charge in [-0.15, -0.1) is 0 Å². The van der Waals surface area contributed by atoms with Crippen LogP contribution in [0.3, 0.4) is 0 Å². The summed E-state index contributed by atoms with van der Waals surface area (Å²) < 4.78 is 0. The molecule has 5 heteroatoms. The van der Waals surface area contributed by atoms with Gasteiger partial charge in [0.2, 0.25) is 5.91 Å². The van der Waals surface area contributed by atoms with Gasteiger partial charge in [0, 0.05) is 32.2 Å². The quantitative estimate of drug-likeness (QED) is 0.789. The van der Waals surface area contributed by atoms with Crippen molar-refractivity contribution in [2.75, 3.05) is 40.3 Å². The normalized spacial score (nSPS) is 34.2. The predicted molar refractivity (Wildman–Crippen MR) is 76.9 cm³/mol. The average molecular weight is 268 g/mol. The molecule has 110 valence electrons. The fraction of sp³-hybridized carbons (Fsp3) is 0.929. The molecule has 2 heterocycles. The summed E-state index contributed by atoms with van der Waals surface area (Å²) in [5.74, 6) is 0.288. The molecule has 3 atom stereocenters. The molecule has 0 radical (unpaired) electrons. The molecular formula is C14H28N4O. The molecular weight excluding hydrogens is 240 g/mol. The fourth-order valence-corrected chi connectivity index (χ4v) is 3.11. The molecule has 0 saturated carbocycles. The van der Waals surface area contributed by atoms with Crippen molar-refractivity contribution >= 4 is 5.91 Å². The van der Waals surface area contributed by atoms with Crippen molar-refractivity contribution in [3.05, 3.63) is 0 Å². The van der Waals surface area contributed by atoms with Gasteiger partial charge in [0.25, 0.3) is 0 Å². The summed E-state index contributed by atoms with van der Waals surface area (Å²) in [6, 6.07) is 0.485. The first-order chi connectivity index (χ1) is 9.02. The van der Waals surface area contributed by atoms with Gasteiger partial charge in [0.1, 0.15) is 0 Å². The number of nitrogens with one attached hydrogen (secondary N) is 1. The van der Waals surface area contributed by atoms with Crippen LogP contribution in [0, 0.1) is 0 Å². The van der Waals surface area contributed by atoms with Crippen molar-refractivity contribution < 1.29 is 4.79 Å². The van der Waals surface area contributed by atoms with Crippen LogP contribution in [-0.4, -0.2) is 79.1 Å². The van der Waals surface area contributed by atoms with Crippen molar-refractivity contribution in [2.24, 2.45) is 0 Å². The van der Waals surface area contributed by atoms with E-state index in [0.717, 1.165) is 39.0 Å². The van der Waals surface area contributed by atoms with Crippen LogP contribution in [0.25, 0.3) is 0 Å². The van der Waals surface area contributed by atoms with Crippen molar-refractivity contribution in [3.8, 4) is 0 Å². The van der Waals surface area contributed by atoms with Crippen LogP contribution in [0.2, 0.25) is 0 Å². The summed E-state index contributed by atoms with van der Waals surface area (Å²) in [6.07, 6.45) is 2.17. The number of hydrogen-bond donors (Lipinski definition) is 1. The first-order valence-electron chi connectivity index (χ1n) is 7.48. The Morgan fingerprint density at radius 2 is 2.05 bits per heavy atom. The van der Waals surface area contributed by atoms with Crippen LogP contribution in [0.4, 0.5) is 0 Å². The van der Waals surface area contributed by atoms with Gasteiger partial charge in [-0.3, -0.25) is 15.0 Å². The van der Waals surface area contributed by atoms with E-state index in [4.69, 9.17) is 0 Å². The molecule has 5 nitrogen and oxygen atoms in total. The predicted octanol–water partition coefficient (Wildman–Crippen LogP) is 0.179. The fourth-order valence-electron chi connectivity index (χ4n) is 3.11. The van der Waals surface area contributed by atoms with Crippen LogP contribution < -0.4 is 5.32 Å². The zero-order valence-electron chi connectivity index (χ0n) is 12.7. The lowest BCUT2D eigenvalue weighted by Gasteiger charge is -2.40. The van der Waals surface area contributed by atoms with Gasteiger partial charge in [-0.2, -0.15) is 0 Å². The van der Waals surface area contributed by atoms with Crippen LogP contribution in [0.1, 0.15) is 26.7 Å². The largest absolute Gasteiger partial charge is 0.324 e. The lowest BCUT2D eigenvalue weighted by molar-refractivity contribution is -0.131. The third-order valence-corrected chi connectivity index (χ3v) is 4.46. The van der Waals surface area contributed by atoms with E-state index in [1.165, 1.54) is 0 Å². The van der Waals surface area contributed by atoms with Gasteiger partial charge in [-0.05, 0) is 27.4 Å². The second kappa shape index (κ2) is 6.20. The zero-order chi connectivity index (χ0) is 14.0. The number of piperazine rings is 1. The van der Waals surface area contributed by atoms with E-state index in [9.17, 15) is 4.79 Å². The van der Waals surface area contributed by atoms with Crippen molar-refractivity contribution in [1.82, 2.24) is 20.0 Å². The van der Waals surface area contributed by atoms with Gasteiger partial charge < -0.3 is 9.80 Å². The van der Waals surface area contributed by atoms with Gasteiger partial charge >= 0.3 is 0 Å². The first-order valence-corrected chi connectivity index (χ1v) is 7.48. The molecule has 0 bridgehead atoms. The highest BCUT2D eigenvalue weighted by Crippen LogP contribution is 2.17. The minimum atomic E-state index is 0.0339. The Kier molecular flexibility index (Phi) is 4.81. The van der Waals surface area contributed by atoms with Crippen LogP contribution in [0.15, 0.2) is 0 Å². The summed E-state index contributed by atoms with van der Waals surface area (Å²) in [4.78, 5) is 19.2. The molecule has 1 N–H and O–H groups in total. The van der Waals surface area contributed by atoms with Crippen LogP contribution >= 0.6 is 0 Å². The third kappa shape index (κ3) is 3.27. The highest BCUT2D eigenvalue weighted by molar-refractivity contribution is 5.84. The molecule has 19 heavy (non-hydrogen) atoms. The summed E-state index contributed by atoms with van der Waals surface area (Å²) >= 11 is 0. The SMILES string of the molecule is CCCC1NC(C)N(CC2CN(C)CCN2C)C1=O. The number of hydrogen-bond acceptors (Lipinski definition) is 4. The van der Waals surface area contributed by atoms with Crippen molar-refractivity contribution in [3.63, 3.8) is 0 Å². The zero-order valence-corrected chi connectivity index (χ0v) is 12.7. The van der Waals surface area contributed by atoms with Gasteiger partial charge in [0.05, 0.1) is 12.2 Å². The minimum Gasteiger partial charge on any atom is -0.324 e. The second-order valence-electron chi connectivity index (χ2n) is 6.07. The number of rotatable bonds is 4. The van der Waals surface area contributed by atoms with E-state index < -0.39 is 0 Å². The summed E-state index contributed by atoms with van der Waals surface area (Å²) in [7, 11) is 4.33. The van der Waals surface area contributed by atoms with Gasteiger partial charge in [-0.25, -0.2) is 0 Å². The Hall–Kier alpha value is -0.650. The Morgan fingerprint density at radius 1 is 1.32 bits per heavy atom. The molecule has 0 spiro atoms. The van der Waals surface area contributed by atoms with Gasteiger partial charge in [-0.1, -0.05) is 13.3 Å². The maximum absolute atomic E-state index is 12.4. The number of carbonyl (C=O) groups excluding carboxylic acids is 1. The summed E-state index contributed by atoms with van der Waals surface area (Å²) in [5, 5.41) is 3.41. The number of amides is 1. The van der Waals surface area contributed by atoms with Gasteiger partial charge in [0.15, 0.2) is 0 Å². The van der Waals surface area contributed by atoms with Crippen LogP contribution in [-0.2, 0) is 4.79 Å². The highest BCUT2D eigenvalue weighted by Gasteiger charge is 2.37. The smallest absolute Gasteiger partial charge is 0.241 e. The van der Waals surface area contributed by atoms with Crippen LogP contribution in [0.5, 0.6) is 0 Å². The molecule has 2 fully saturated rings. The topological polar surface area (TPSA) is 38.8 Å². The molecule has 2 saturated heterocycles. The molecule has 0 aromatic rings.